The molecule has 0 radical (unpaired) electrons. The molecule has 0 unspecified atom stereocenters. The van der Waals surface area contributed by atoms with Crippen LogP contribution in [-0.2, 0) is 14.9 Å². The fourth-order valence-electron chi connectivity index (χ4n) is 1.30. The molecule has 0 aliphatic carbocycles. The molecule has 2 heterocycles. The van der Waals surface area contributed by atoms with Crippen LogP contribution in [0.4, 0.5) is 5.82 Å². The third-order valence-electron chi connectivity index (χ3n) is 2.05. The van der Waals surface area contributed by atoms with Gasteiger partial charge in [-0.25, -0.2) is 0 Å². The van der Waals surface area contributed by atoms with E-state index in [0.717, 1.165) is 0 Å². The lowest BCUT2D eigenvalue weighted by atomic mass is 10.5. The minimum Gasteiger partial charge on any atom is -0.379 e. The number of aromatic nitrogens is 2. The molecule has 0 aromatic carbocycles. The summed E-state index contributed by atoms with van der Waals surface area (Å²) in [6, 6.07) is 1.55. The Bertz CT molecular complexity index is 396. The van der Waals surface area contributed by atoms with Gasteiger partial charge >= 0.3 is 10.2 Å². The van der Waals surface area contributed by atoms with E-state index in [2.05, 4.69) is 14.9 Å². The van der Waals surface area contributed by atoms with Crippen LogP contribution in [0.1, 0.15) is 0 Å². The van der Waals surface area contributed by atoms with Crippen LogP contribution in [0, 0.1) is 0 Å². The number of nitrogens with one attached hydrogen (secondary N) is 2. The predicted molar refractivity (Wildman–Crippen MR) is 53.5 cm³/mol. The molecule has 2 N–H and O–H groups in total. The molecule has 15 heavy (non-hydrogen) atoms. The first kappa shape index (κ1) is 10.4. The lowest BCUT2D eigenvalue weighted by Crippen LogP contribution is -2.43. The second kappa shape index (κ2) is 4.17. The molecule has 0 bridgehead atoms. The van der Waals surface area contributed by atoms with Crippen molar-refractivity contribution in [3.05, 3.63) is 12.3 Å². The van der Waals surface area contributed by atoms with Gasteiger partial charge in [0.05, 0.1) is 19.4 Å². The Kier molecular flexibility index (Phi) is 2.89. The molecule has 1 aromatic heterocycles. The fourth-order valence-corrected chi connectivity index (χ4v) is 2.45. The Balaban J connectivity index is 2.05. The zero-order valence-corrected chi connectivity index (χ0v) is 8.83. The molecule has 1 aliphatic rings. The number of morpholine rings is 1. The highest BCUT2D eigenvalue weighted by atomic mass is 32.2. The van der Waals surface area contributed by atoms with Crippen LogP contribution >= 0.6 is 0 Å². The van der Waals surface area contributed by atoms with Crippen molar-refractivity contribution in [3.63, 3.8) is 0 Å². The third-order valence-corrected chi connectivity index (χ3v) is 3.57. The predicted octanol–water partition coefficient (Wildman–Crippen LogP) is -0.601. The molecule has 1 aliphatic heterocycles. The molecule has 7 nitrogen and oxygen atoms in total. The Hall–Kier alpha value is -1.12. The van der Waals surface area contributed by atoms with Crippen molar-refractivity contribution in [2.24, 2.45) is 0 Å². The number of ether oxygens (including phenoxy) is 1. The lowest BCUT2D eigenvalue weighted by Gasteiger charge is -2.25. The minimum atomic E-state index is -3.47. The first-order valence-electron chi connectivity index (χ1n) is 4.53. The summed E-state index contributed by atoms with van der Waals surface area (Å²) in [7, 11) is -3.47. The third kappa shape index (κ3) is 2.46. The summed E-state index contributed by atoms with van der Waals surface area (Å²) in [6.45, 7) is 1.63. The Morgan fingerprint density at radius 1 is 1.47 bits per heavy atom. The molecule has 0 saturated carbocycles. The van der Waals surface area contributed by atoms with Gasteiger partial charge in [0.1, 0.15) is 5.82 Å². The molecule has 0 amide bonds. The van der Waals surface area contributed by atoms with E-state index < -0.39 is 10.2 Å². The maximum atomic E-state index is 11.8. The fraction of sp³-hybridized carbons (Fsp3) is 0.571. The van der Waals surface area contributed by atoms with E-state index in [1.807, 2.05) is 0 Å². The summed E-state index contributed by atoms with van der Waals surface area (Å²) in [5, 5.41) is 6.19. The van der Waals surface area contributed by atoms with Gasteiger partial charge in [0.15, 0.2) is 0 Å². The normalized spacial score (nSPS) is 18.9. The highest BCUT2D eigenvalue weighted by molar-refractivity contribution is 7.90. The molecule has 1 fully saturated rings. The largest absolute Gasteiger partial charge is 0.379 e. The second-order valence-corrected chi connectivity index (χ2v) is 4.76. The van der Waals surface area contributed by atoms with Crippen LogP contribution in [0.2, 0.25) is 0 Å². The number of rotatable bonds is 3. The van der Waals surface area contributed by atoms with Gasteiger partial charge in [-0.3, -0.25) is 9.82 Å². The van der Waals surface area contributed by atoms with E-state index >= 15 is 0 Å². The highest BCUT2D eigenvalue weighted by Crippen LogP contribution is 2.09. The van der Waals surface area contributed by atoms with Gasteiger partial charge in [-0.15, -0.1) is 0 Å². The van der Waals surface area contributed by atoms with Crippen molar-refractivity contribution in [2.75, 3.05) is 31.0 Å². The molecular formula is C7H12N4O3S. The minimum absolute atomic E-state index is 0.362. The number of hydrogen-bond donors (Lipinski definition) is 2. The zero-order valence-electron chi connectivity index (χ0n) is 8.01. The maximum Gasteiger partial charge on any atom is 0.302 e. The quantitative estimate of drug-likeness (QED) is 0.728. The summed E-state index contributed by atoms with van der Waals surface area (Å²) < 4.78 is 32.3. The summed E-state index contributed by atoms with van der Waals surface area (Å²) in [6.07, 6.45) is 1.48. The van der Waals surface area contributed by atoms with E-state index in [0.29, 0.717) is 32.1 Å². The van der Waals surface area contributed by atoms with Crippen LogP contribution < -0.4 is 4.72 Å². The van der Waals surface area contributed by atoms with Crippen molar-refractivity contribution >= 4 is 16.0 Å². The van der Waals surface area contributed by atoms with E-state index in [4.69, 9.17) is 4.74 Å². The second-order valence-electron chi connectivity index (χ2n) is 3.09. The first-order valence-corrected chi connectivity index (χ1v) is 5.97. The number of hydrogen-bond acceptors (Lipinski definition) is 4. The standard InChI is InChI=1S/C7H12N4O3S/c12-15(13,10-7-1-2-8-9-7)11-3-5-14-6-4-11/h1-2H,3-6H2,(H2,8,9,10). The van der Waals surface area contributed by atoms with E-state index in [9.17, 15) is 8.42 Å². The summed E-state index contributed by atoms with van der Waals surface area (Å²) in [4.78, 5) is 0. The molecule has 84 valence electrons. The maximum absolute atomic E-state index is 11.8. The van der Waals surface area contributed by atoms with Crippen LogP contribution in [0.3, 0.4) is 0 Å². The van der Waals surface area contributed by atoms with Gasteiger partial charge in [-0.2, -0.15) is 17.8 Å². The van der Waals surface area contributed by atoms with Gasteiger partial charge in [0.25, 0.3) is 0 Å². The van der Waals surface area contributed by atoms with Crippen molar-refractivity contribution in [1.29, 1.82) is 0 Å². The van der Waals surface area contributed by atoms with Crippen molar-refractivity contribution < 1.29 is 13.2 Å². The van der Waals surface area contributed by atoms with E-state index in [-0.39, 0.29) is 0 Å². The Morgan fingerprint density at radius 2 is 2.20 bits per heavy atom. The molecule has 1 saturated heterocycles. The lowest BCUT2D eigenvalue weighted by molar-refractivity contribution is 0.0733. The molecular weight excluding hydrogens is 220 g/mol. The smallest absolute Gasteiger partial charge is 0.302 e. The van der Waals surface area contributed by atoms with Crippen LogP contribution in [-0.4, -0.2) is 49.2 Å². The number of H-pyrrole nitrogens is 1. The van der Waals surface area contributed by atoms with Gasteiger partial charge in [-0.05, 0) is 0 Å². The van der Waals surface area contributed by atoms with Crippen LogP contribution in [0.25, 0.3) is 0 Å². The molecule has 0 atom stereocenters. The average molecular weight is 232 g/mol. The van der Waals surface area contributed by atoms with Crippen molar-refractivity contribution in [2.45, 2.75) is 0 Å². The van der Waals surface area contributed by atoms with Crippen LogP contribution in [0.5, 0.6) is 0 Å². The first-order chi connectivity index (χ1) is 7.18. The van der Waals surface area contributed by atoms with Crippen molar-refractivity contribution in [3.8, 4) is 0 Å². The average Bonchev–Trinajstić information content (AvgIpc) is 2.71. The molecule has 0 spiro atoms. The SMILES string of the molecule is O=S(=O)(Nc1ccn[nH]1)N1CCOCC1. The topological polar surface area (TPSA) is 87.3 Å². The van der Waals surface area contributed by atoms with Crippen molar-refractivity contribution in [1.82, 2.24) is 14.5 Å². The number of nitrogens with zero attached hydrogens (tertiary/aromatic N) is 2. The van der Waals surface area contributed by atoms with Gasteiger partial charge in [-0.1, -0.05) is 0 Å². The summed E-state index contributed by atoms with van der Waals surface area (Å²) in [5.74, 6) is 0.362. The Morgan fingerprint density at radius 3 is 2.80 bits per heavy atom. The monoisotopic (exact) mass is 232 g/mol. The van der Waals surface area contributed by atoms with E-state index in [1.54, 1.807) is 6.07 Å². The van der Waals surface area contributed by atoms with Crippen LogP contribution in [0.15, 0.2) is 12.3 Å². The molecule has 8 heteroatoms. The highest BCUT2D eigenvalue weighted by Gasteiger charge is 2.24. The summed E-state index contributed by atoms with van der Waals surface area (Å²) >= 11 is 0. The zero-order chi connectivity index (χ0) is 10.7. The van der Waals surface area contributed by atoms with E-state index in [1.165, 1.54) is 10.5 Å². The number of aromatic amines is 1. The summed E-state index contributed by atoms with van der Waals surface area (Å²) in [5.41, 5.74) is 0. The van der Waals surface area contributed by atoms with Gasteiger partial charge in [0.2, 0.25) is 0 Å². The van der Waals surface area contributed by atoms with Gasteiger partial charge < -0.3 is 4.74 Å². The molecule has 1 aromatic rings. The molecule has 2 rings (SSSR count). The Labute approximate surface area is 87.6 Å². The van der Waals surface area contributed by atoms with Gasteiger partial charge in [0, 0.05) is 19.2 Å². The number of anilines is 1.